The molecule has 5 aliphatic rings. The van der Waals surface area contributed by atoms with Gasteiger partial charge < -0.3 is 9.80 Å². The highest BCUT2D eigenvalue weighted by Gasteiger charge is 2.38. The Morgan fingerprint density at radius 3 is 2.14 bits per heavy atom. The van der Waals surface area contributed by atoms with Gasteiger partial charge in [-0.3, -0.25) is 9.69 Å². The zero-order valence-electron chi connectivity index (χ0n) is 13.2. The van der Waals surface area contributed by atoms with Crippen molar-refractivity contribution in [2.45, 2.75) is 44.6 Å². The second-order valence-corrected chi connectivity index (χ2v) is 7.62. The smallest absolute Gasteiger partial charge is 0.222 e. The molecular weight excluding hydrogens is 262 g/mol. The van der Waals surface area contributed by atoms with E-state index in [4.69, 9.17) is 0 Å². The van der Waals surface area contributed by atoms with E-state index in [9.17, 15) is 4.79 Å². The minimum atomic E-state index is 0.424. The summed E-state index contributed by atoms with van der Waals surface area (Å²) in [5.74, 6) is 2.05. The molecule has 0 spiro atoms. The summed E-state index contributed by atoms with van der Waals surface area (Å²) < 4.78 is 0. The lowest BCUT2D eigenvalue weighted by Crippen LogP contribution is -2.61. The number of nitrogens with zero attached hydrogens (tertiary/aromatic N) is 3. The fourth-order valence-corrected chi connectivity index (χ4v) is 4.72. The molecule has 0 aromatic heterocycles. The molecule has 2 bridgehead atoms. The maximum atomic E-state index is 12.3. The van der Waals surface area contributed by atoms with Crippen LogP contribution in [0.2, 0.25) is 0 Å². The molecule has 4 aliphatic heterocycles. The van der Waals surface area contributed by atoms with E-state index in [2.05, 4.69) is 14.7 Å². The SMILES string of the molecule is O=C(CC1CCC1)N1CCN(C2CN3CCC2CC3)CC1. The Bertz CT molecular complexity index is 379. The molecule has 1 atom stereocenters. The molecule has 0 radical (unpaired) electrons. The van der Waals surface area contributed by atoms with Gasteiger partial charge in [-0.15, -0.1) is 0 Å². The van der Waals surface area contributed by atoms with E-state index in [-0.39, 0.29) is 0 Å². The lowest BCUT2D eigenvalue weighted by molar-refractivity contribution is -0.135. The van der Waals surface area contributed by atoms with Crippen LogP contribution in [-0.4, -0.2) is 72.5 Å². The van der Waals surface area contributed by atoms with E-state index in [1.807, 2.05) is 0 Å². The number of hydrogen-bond acceptors (Lipinski definition) is 3. The summed E-state index contributed by atoms with van der Waals surface area (Å²) in [6.07, 6.45) is 7.51. The minimum absolute atomic E-state index is 0.424. The van der Waals surface area contributed by atoms with Gasteiger partial charge in [0.15, 0.2) is 0 Å². The fraction of sp³-hybridized carbons (Fsp3) is 0.941. The quantitative estimate of drug-likeness (QED) is 0.787. The summed E-state index contributed by atoms with van der Waals surface area (Å²) in [5.41, 5.74) is 0. The lowest BCUT2D eigenvalue weighted by Gasteiger charge is -2.51. The molecule has 1 saturated carbocycles. The predicted octanol–water partition coefficient (Wildman–Crippen LogP) is 1.42. The Balaban J connectivity index is 1.27. The number of rotatable bonds is 3. The first kappa shape index (κ1) is 14.0. The van der Waals surface area contributed by atoms with Gasteiger partial charge in [0.05, 0.1) is 0 Å². The van der Waals surface area contributed by atoms with Crippen molar-refractivity contribution in [3.8, 4) is 0 Å². The van der Waals surface area contributed by atoms with Gasteiger partial charge >= 0.3 is 0 Å². The largest absolute Gasteiger partial charge is 0.340 e. The third-order valence-electron chi connectivity index (χ3n) is 6.45. The molecule has 4 saturated heterocycles. The Morgan fingerprint density at radius 1 is 0.905 bits per heavy atom. The third-order valence-corrected chi connectivity index (χ3v) is 6.45. The van der Waals surface area contributed by atoms with Crippen molar-refractivity contribution in [3.63, 3.8) is 0 Å². The lowest BCUT2D eigenvalue weighted by atomic mass is 9.82. The molecule has 4 heteroatoms. The molecule has 0 aromatic carbocycles. The first-order valence-corrected chi connectivity index (χ1v) is 9.04. The van der Waals surface area contributed by atoms with E-state index < -0.39 is 0 Å². The van der Waals surface area contributed by atoms with Crippen LogP contribution in [0.3, 0.4) is 0 Å². The van der Waals surface area contributed by atoms with E-state index in [1.165, 1.54) is 51.7 Å². The van der Waals surface area contributed by atoms with Crippen molar-refractivity contribution in [1.29, 1.82) is 0 Å². The zero-order chi connectivity index (χ0) is 14.2. The van der Waals surface area contributed by atoms with Crippen LogP contribution in [0.4, 0.5) is 0 Å². The first-order chi connectivity index (χ1) is 10.3. The number of carbonyl (C=O) groups is 1. The van der Waals surface area contributed by atoms with E-state index in [0.717, 1.165) is 44.6 Å². The van der Waals surface area contributed by atoms with Crippen molar-refractivity contribution in [1.82, 2.24) is 14.7 Å². The topological polar surface area (TPSA) is 26.8 Å². The van der Waals surface area contributed by atoms with Gasteiger partial charge in [0.1, 0.15) is 0 Å². The van der Waals surface area contributed by atoms with Gasteiger partial charge in [-0.1, -0.05) is 6.42 Å². The number of fused-ring (bicyclic) bond motifs is 3. The van der Waals surface area contributed by atoms with Crippen LogP contribution in [0, 0.1) is 11.8 Å². The van der Waals surface area contributed by atoms with Crippen molar-refractivity contribution >= 4 is 5.91 Å². The normalized spacial score (nSPS) is 37.5. The van der Waals surface area contributed by atoms with Crippen molar-refractivity contribution in [3.05, 3.63) is 0 Å². The molecule has 118 valence electrons. The van der Waals surface area contributed by atoms with E-state index in [0.29, 0.717) is 11.8 Å². The predicted molar refractivity (Wildman–Crippen MR) is 83.1 cm³/mol. The molecule has 0 aromatic rings. The Hall–Kier alpha value is -0.610. The summed E-state index contributed by atoms with van der Waals surface area (Å²) >= 11 is 0. The summed E-state index contributed by atoms with van der Waals surface area (Å²) in [6.45, 7) is 8.06. The van der Waals surface area contributed by atoms with Crippen LogP contribution in [0.1, 0.15) is 38.5 Å². The third kappa shape index (κ3) is 2.85. The molecule has 1 unspecified atom stereocenters. The molecule has 0 N–H and O–H groups in total. The Labute approximate surface area is 128 Å². The highest BCUT2D eigenvalue weighted by molar-refractivity contribution is 5.76. The van der Waals surface area contributed by atoms with Gasteiger partial charge in [-0.2, -0.15) is 0 Å². The van der Waals surface area contributed by atoms with Crippen LogP contribution in [-0.2, 0) is 4.79 Å². The zero-order valence-corrected chi connectivity index (χ0v) is 13.2. The van der Waals surface area contributed by atoms with Crippen LogP contribution in [0.5, 0.6) is 0 Å². The van der Waals surface area contributed by atoms with Gasteiger partial charge in [-0.25, -0.2) is 0 Å². The molecule has 5 rings (SSSR count). The minimum Gasteiger partial charge on any atom is -0.340 e. The molecule has 21 heavy (non-hydrogen) atoms. The molecule has 4 heterocycles. The summed E-state index contributed by atoms with van der Waals surface area (Å²) in [6, 6.07) is 0.774. The summed E-state index contributed by atoms with van der Waals surface area (Å²) in [5, 5.41) is 0. The Morgan fingerprint density at radius 2 is 1.62 bits per heavy atom. The van der Waals surface area contributed by atoms with Gasteiger partial charge in [0.2, 0.25) is 5.91 Å². The second kappa shape index (κ2) is 5.88. The number of hydrogen-bond donors (Lipinski definition) is 0. The molecule has 4 nitrogen and oxygen atoms in total. The number of amides is 1. The number of piperidine rings is 3. The van der Waals surface area contributed by atoms with Crippen molar-refractivity contribution < 1.29 is 4.79 Å². The average molecular weight is 291 g/mol. The average Bonchev–Trinajstić information content (AvgIpc) is 2.52. The maximum absolute atomic E-state index is 12.3. The van der Waals surface area contributed by atoms with Gasteiger partial charge in [-0.05, 0) is 50.6 Å². The second-order valence-electron chi connectivity index (χ2n) is 7.62. The maximum Gasteiger partial charge on any atom is 0.222 e. The molecule has 5 fully saturated rings. The Kier molecular flexibility index (Phi) is 3.92. The molecular formula is C17H29N3O. The highest BCUT2D eigenvalue weighted by Crippen LogP contribution is 2.32. The van der Waals surface area contributed by atoms with Gasteiger partial charge in [0.25, 0.3) is 0 Å². The van der Waals surface area contributed by atoms with Gasteiger partial charge in [0, 0.05) is 45.2 Å². The fourth-order valence-electron chi connectivity index (χ4n) is 4.72. The van der Waals surface area contributed by atoms with Crippen LogP contribution in [0.25, 0.3) is 0 Å². The molecule has 1 aliphatic carbocycles. The summed E-state index contributed by atoms with van der Waals surface area (Å²) in [7, 11) is 0. The number of carbonyl (C=O) groups excluding carboxylic acids is 1. The molecule has 1 amide bonds. The standard InChI is InChI=1S/C17H29N3O/c21-17(12-14-2-1-3-14)20-10-8-19(9-11-20)16-13-18-6-4-15(16)5-7-18/h14-16H,1-13H2. The highest BCUT2D eigenvalue weighted by atomic mass is 16.2. The van der Waals surface area contributed by atoms with Crippen LogP contribution >= 0.6 is 0 Å². The van der Waals surface area contributed by atoms with Crippen molar-refractivity contribution in [2.24, 2.45) is 11.8 Å². The van der Waals surface area contributed by atoms with E-state index in [1.54, 1.807) is 0 Å². The first-order valence-electron chi connectivity index (χ1n) is 9.04. The number of piperazine rings is 1. The summed E-state index contributed by atoms with van der Waals surface area (Å²) in [4.78, 5) is 19.8. The van der Waals surface area contributed by atoms with Crippen LogP contribution < -0.4 is 0 Å². The van der Waals surface area contributed by atoms with Crippen LogP contribution in [0.15, 0.2) is 0 Å². The van der Waals surface area contributed by atoms with E-state index >= 15 is 0 Å². The monoisotopic (exact) mass is 291 g/mol. The van der Waals surface area contributed by atoms with Crippen molar-refractivity contribution in [2.75, 3.05) is 45.8 Å².